The Balaban J connectivity index is 1.80. The van der Waals surface area contributed by atoms with E-state index >= 15 is 0 Å². The van der Waals surface area contributed by atoms with Gasteiger partial charge in [-0.05, 0) is 17.5 Å². The van der Waals surface area contributed by atoms with Crippen molar-refractivity contribution in [2.45, 2.75) is 0 Å². The number of hydrogen-bond acceptors (Lipinski definition) is 5. The summed E-state index contributed by atoms with van der Waals surface area (Å²) in [6, 6.07) is 9.10. The number of para-hydroxylation sites is 1. The first-order chi connectivity index (χ1) is 10.7. The second kappa shape index (κ2) is 5.96. The highest BCUT2D eigenvalue weighted by Crippen LogP contribution is 2.08. The fourth-order valence-electron chi connectivity index (χ4n) is 1.89. The van der Waals surface area contributed by atoms with Gasteiger partial charge in [0.05, 0.1) is 18.0 Å². The van der Waals surface area contributed by atoms with Gasteiger partial charge in [0.25, 0.3) is 11.5 Å². The molecule has 7 heteroatoms. The van der Waals surface area contributed by atoms with Crippen molar-refractivity contribution in [1.82, 2.24) is 20.4 Å². The number of benzene rings is 1. The largest absolute Gasteiger partial charge is 0.321 e. The van der Waals surface area contributed by atoms with E-state index < -0.39 is 5.91 Å². The molecule has 0 fully saturated rings. The van der Waals surface area contributed by atoms with Crippen molar-refractivity contribution in [1.29, 1.82) is 0 Å². The van der Waals surface area contributed by atoms with Crippen LogP contribution in [-0.4, -0.2) is 27.1 Å². The number of amides is 1. The number of nitrogens with one attached hydrogen (secondary N) is 2. The van der Waals surface area contributed by atoms with Gasteiger partial charge < -0.3 is 4.98 Å². The third-order valence-corrected chi connectivity index (χ3v) is 2.95. The topological polar surface area (TPSA) is 100 Å². The fraction of sp³-hybridized carbons (Fsp3) is 0. The zero-order chi connectivity index (χ0) is 15.4. The molecule has 7 nitrogen and oxygen atoms in total. The lowest BCUT2D eigenvalue weighted by Crippen LogP contribution is -2.20. The van der Waals surface area contributed by atoms with E-state index in [1.54, 1.807) is 6.07 Å². The molecule has 2 aromatic heterocycles. The highest BCUT2D eigenvalue weighted by molar-refractivity contribution is 5.93. The molecular weight excluding hydrogens is 282 g/mol. The Morgan fingerprint density at radius 1 is 1.27 bits per heavy atom. The average molecular weight is 293 g/mol. The molecule has 0 radical (unpaired) electrons. The summed E-state index contributed by atoms with van der Waals surface area (Å²) in [5.41, 5.74) is 3.25. The molecule has 0 bridgehead atoms. The number of fused-ring (bicyclic) bond motifs is 1. The molecule has 3 rings (SSSR count). The molecule has 2 N–H and O–H groups in total. The van der Waals surface area contributed by atoms with Crippen molar-refractivity contribution in [2.75, 3.05) is 0 Å². The first-order valence-electron chi connectivity index (χ1n) is 6.45. The quantitative estimate of drug-likeness (QED) is 0.557. The number of aromatic nitrogens is 3. The number of rotatable bonds is 3. The summed E-state index contributed by atoms with van der Waals surface area (Å²) in [4.78, 5) is 34.0. The van der Waals surface area contributed by atoms with Crippen LogP contribution in [0.2, 0.25) is 0 Å². The van der Waals surface area contributed by atoms with Gasteiger partial charge in [-0.2, -0.15) is 5.10 Å². The summed E-state index contributed by atoms with van der Waals surface area (Å²) in [5, 5.41) is 4.65. The monoisotopic (exact) mass is 293 g/mol. The Labute approximate surface area is 124 Å². The molecule has 0 saturated heterocycles. The van der Waals surface area contributed by atoms with Crippen molar-refractivity contribution in [3.05, 3.63) is 70.5 Å². The molecule has 3 aromatic rings. The molecule has 1 aromatic carbocycles. The van der Waals surface area contributed by atoms with E-state index in [4.69, 9.17) is 0 Å². The number of hydrazone groups is 1. The van der Waals surface area contributed by atoms with Crippen molar-refractivity contribution in [3.8, 4) is 0 Å². The number of pyridine rings is 1. The fourth-order valence-corrected chi connectivity index (χ4v) is 1.89. The summed E-state index contributed by atoms with van der Waals surface area (Å²) in [7, 11) is 0. The molecule has 108 valence electrons. The van der Waals surface area contributed by atoms with Gasteiger partial charge in [0, 0.05) is 17.9 Å². The summed E-state index contributed by atoms with van der Waals surface area (Å²) in [6.07, 6.45) is 5.49. The smallest absolute Gasteiger partial charge is 0.291 e. The van der Waals surface area contributed by atoms with Crippen molar-refractivity contribution < 1.29 is 4.79 Å². The number of carbonyl (C=O) groups is 1. The predicted molar refractivity (Wildman–Crippen MR) is 81.7 cm³/mol. The highest BCUT2D eigenvalue weighted by Gasteiger charge is 2.05. The third kappa shape index (κ3) is 2.88. The van der Waals surface area contributed by atoms with Gasteiger partial charge in [-0.25, -0.2) is 10.4 Å². The van der Waals surface area contributed by atoms with E-state index in [0.717, 1.165) is 10.9 Å². The average Bonchev–Trinajstić information content (AvgIpc) is 2.56. The Kier molecular flexibility index (Phi) is 3.69. The Bertz CT molecular complexity index is 902. The second-order valence-electron chi connectivity index (χ2n) is 4.43. The summed E-state index contributed by atoms with van der Waals surface area (Å²) >= 11 is 0. The Morgan fingerprint density at radius 2 is 2.14 bits per heavy atom. The third-order valence-electron chi connectivity index (χ3n) is 2.95. The molecular formula is C15H11N5O2. The Morgan fingerprint density at radius 3 is 2.95 bits per heavy atom. The minimum absolute atomic E-state index is 0.145. The Hall–Kier alpha value is -3.35. The van der Waals surface area contributed by atoms with Crippen LogP contribution in [0.1, 0.15) is 16.1 Å². The van der Waals surface area contributed by atoms with Crippen LogP contribution in [0.3, 0.4) is 0 Å². The lowest BCUT2D eigenvalue weighted by molar-refractivity contribution is 0.0949. The number of nitrogens with zero attached hydrogens (tertiary/aromatic N) is 3. The zero-order valence-electron chi connectivity index (χ0n) is 11.4. The van der Waals surface area contributed by atoms with Crippen LogP contribution < -0.4 is 11.0 Å². The van der Waals surface area contributed by atoms with Crippen LogP contribution >= 0.6 is 0 Å². The van der Waals surface area contributed by atoms with E-state index in [1.807, 2.05) is 24.3 Å². The van der Waals surface area contributed by atoms with Crippen LogP contribution in [0.25, 0.3) is 10.9 Å². The van der Waals surface area contributed by atoms with Gasteiger partial charge >= 0.3 is 0 Å². The van der Waals surface area contributed by atoms with Crippen LogP contribution in [0.15, 0.2) is 58.8 Å². The maximum atomic E-state index is 11.9. The lowest BCUT2D eigenvalue weighted by atomic mass is 10.2. The SMILES string of the molecule is O=C(N/N=C/c1cc2ccccc2[nH]c1=O)c1cnccn1. The van der Waals surface area contributed by atoms with Crippen LogP contribution in [-0.2, 0) is 0 Å². The maximum absolute atomic E-state index is 11.9. The van der Waals surface area contributed by atoms with E-state index in [1.165, 1.54) is 24.8 Å². The summed E-state index contributed by atoms with van der Waals surface area (Å²) in [6.45, 7) is 0. The number of aromatic amines is 1. The first kappa shape index (κ1) is 13.6. The van der Waals surface area contributed by atoms with Gasteiger partial charge in [-0.1, -0.05) is 18.2 Å². The minimum Gasteiger partial charge on any atom is -0.321 e. The van der Waals surface area contributed by atoms with E-state index in [0.29, 0.717) is 5.56 Å². The van der Waals surface area contributed by atoms with E-state index in [9.17, 15) is 9.59 Å². The van der Waals surface area contributed by atoms with Gasteiger partial charge in [0.1, 0.15) is 5.69 Å². The van der Waals surface area contributed by atoms with Crippen molar-refractivity contribution in [2.24, 2.45) is 5.10 Å². The molecule has 0 atom stereocenters. The molecule has 0 saturated carbocycles. The number of H-pyrrole nitrogens is 1. The van der Waals surface area contributed by atoms with Crippen LogP contribution in [0.5, 0.6) is 0 Å². The number of hydrogen-bond donors (Lipinski definition) is 2. The van der Waals surface area contributed by atoms with Crippen molar-refractivity contribution in [3.63, 3.8) is 0 Å². The zero-order valence-corrected chi connectivity index (χ0v) is 11.4. The van der Waals surface area contributed by atoms with Gasteiger partial charge in [0.2, 0.25) is 0 Å². The van der Waals surface area contributed by atoms with Crippen LogP contribution in [0, 0.1) is 0 Å². The van der Waals surface area contributed by atoms with E-state index in [2.05, 4.69) is 25.5 Å². The molecule has 0 aliphatic carbocycles. The van der Waals surface area contributed by atoms with Crippen molar-refractivity contribution >= 4 is 23.0 Å². The highest BCUT2D eigenvalue weighted by atomic mass is 16.2. The van der Waals surface area contributed by atoms with Gasteiger partial charge in [-0.15, -0.1) is 0 Å². The van der Waals surface area contributed by atoms with E-state index in [-0.39, 0.29) is 11.3 Å². The van der Waals surface area contributed by atoms with Gasteiger partial charge in [0.15, 0.2) is 0 Å². The maximum Gasteiger partial charge on any atom is 0.291 e. The number of carbonyl (C=O) groups excluding carboxylic acids is 1. The predicted octanol–water partition coefficient (Wildman–Crippen LogP) is 1.08. The standard InChI is InChI=1S/C15H11N5O2/c21-14-11(7-10-3-1-2-4-12(10)19-14)8-18-20-15(22)13-9-16-5-6-17-13/h1-9H,(H,19,21)(H,20,22)/b18-8+. The summed E-state index contributed by atoms with van der Waals surface area (Å²) in [5.74, 6) is -0.499. The molecule has 0 aliphatic rings. The second-order valence-corrected chi connectivity index (χ2v) is 4.43. The lowest BCUT2D eigenvalue weighted by Gasteiger charge is -1.99. The minimum atomic E-state index is -0.499. The molecule has 0 aliphatic heterocycles. The van der Waals surface area contributed by atoms with Gasteiger partial charge in [-0.3, -0.25) is 14.6 Å². The molecule has 2 heterocycles. The molecule has 22 heavy (non-hydrogen) atoms. The molecule has 0 spiro atoms. The normalized spacial score (nSPS) is 10.9. The first-order valence-corrected chi connectivity index (χ1v) is 6.45. The van der Waals surface area contributed by atoms with Crippen LogP contribution in [0.4, 0.5) is 0 Å². The summed E-state index contributed by atoms with van der Waals surface area (Å²) < 4.78 is 0. The molecule has 1 amide bonds. The molecule has 0 unspecified atom stereocenters.